The van der Waals surface area contributed by atoms with Gasteiger partial charge in [-0.15, -0.1) is 0 Å². The molecule has 0 aromatic rings. The standard InChI is InChI=1S/C19H38O4S/c1-3-4-5-6-7-8-9-10-11-12-13-14-15-16-17-18-19(20)23-24(2,21)22/h18,20H,3-17H2,1-2H3. The lowest BCUT2D eigenvalue weighted by Crippen LogP contribution is -2.01. The quantitative estimate of drug-likeness (QED) is 0.189. The van der Waals surface area contributed by atoms with E-state index in [-0.39, 0.29) is 0 Å². The Morgan fingerprint density at radius 3 is 1.54 bits per heavy atom. The Kier molecular flexibility index (Phi) is 15.3. The molecular weight excluding hydrogens is 324 g/mol. The topological polar surface area (TPSA) is 63.6 Å². The van der Waals surface area contributed by atoms with Crippen LogP contribution in [0.3, 0.4) is 0 Å². The maximum Gasteiger partial charge on any atom is 0.308 e. The van der Waals surface area contributed by atoms with Crippen LogP contribution in [0.15, 0.2) is 12.0 Å². The van der Waals surface area contributed by atoms with Gasteiger partial charge in [-0.25, -0.2) is 0 Å². The first-order valence-corrected chi connectivity index (χ1v) is 11.6. The summed E-state index contributed by atoms with van der Waals surface area (Å²) in [7, 11) is -3.61. The van der Waals surface area contributed by atoms with Gasteiger partial charge < -0.3 is 9.29 Å². The van der Waals surface area contributed by atoms with Gasteiger partial charge in [0.1, 0.15) is 0 Å². The van der Waals surface area contributed by atoms with Crippen LogP contribution in [0.5, 0.6) is 0 Å². The minimum Gasteiger partial charge on any atom is -0.480 e. The van der Waals surface area contributed by atoms with Crippen LogP contribution in [0.4, 0.5) is 0 Å². The van der Waals surface area contributed by atoms with Crippen molar-refractivity contribution in [2.24, 2.45) is 0 Å². The SMILES string of the molecule is CCCCCCCCCCCCCCCCC=C(O)OS(C)(=O)=O. The smallest absolute Gasteiger partial charge is 0.308 e. The summed E-state index contributed by atoms with van der Waals surface area (Å²) in [6, 6.07) is 0. The molecule has 4 nitrogen and oxygen atoms in total. The summed E-state index contributed by atoms with van der Waals surface area (Å²) < 4.78 is 25.9. The van der Waals surface area contributed by atoms with Gasteiger partial charge in [0.15, 0.2) is 0 Å². The molecule has 0 bridgehead atoms. The number of aliphatic hydroxyl groups is 1. The van der Waals surface area contributed by atoms with Crippen molar-refractivity contribution in [2.45, 2.75) is 103 Å². The van der Waals surface area contributed by atoms with Crippen molar-refractivity contribution in [3.05, 3.63) is 12.0 Å². The average Bonchev–Trinajstić information content (AvgIpc) is 2.49. The predicted molar refractivity (Wildman–Crippen MR) is 102 cm³/mol. The third kappa shape index (κ3) is 19.3. The van der Waals surface area contributed by atoms with Gasteiger partial charge in [-0.3, -0.25) is 0 Å². The zero-order valence-corrected chi connectivity index (χ0v) is 16.6. The summed E-state index contributed by atoms with van der Waals surface area (Å²) in [5, 5.41) is 9.25. The lowest BCUT2D eigenvalue weighted by Gasteiger charge is -2.03. The first kappa shape index (κ1) is 23.3. The molecule has 5 heteroatoms. The van der Waals surface area contributed by atoms with E-state index in [0.29, 0.717) is 6.42 Å². The molecule has 1 N–H and O–H groups in total. The van der Waals surface area contributed by atoms with E-state index >= 15 is 0 Å². The van der Waals surface area contributed by atoms with Crippen molar-refractivity contribution in [1.82, 2.24) is 0 Å². The Balaban J connectivity index is 3.24. The van der Waals surface area contributed by atoms with E-state index in [0.717, 1.165) is 19.1 Å². The Morgan fingerprint density at radius 2 is 1.17 bits per heavy atom. The van der Waals surface area contributed by atoms with Crippen molar-refractivity contribution < 1.29 is 17.7 Å². The molecule has 0 rings (SSSR count). The van der Waals surface area contributed by atoms with E-state index in [1.165, 1.54) is 83.1 Å². The minimum atomic E-state index is -3.61. The summed E-state index contributed by atoms with van der Waals surface area (Å²) in [6.45, 7) is 2.26. The molecule has 0 radical (unpaired) electrons. The van der Waals surface area contributed by atoms with Crippen molar-refractivity contribution in [3.63, 3.8) is 0 Å². The molecule has 0 amide bonds. The summed E-state index contributed by atoms with van der Waals surface area (Å²) in [6.07, 6.45) is 21.3. The Hall–Kier alpha value is -0.710. The molecule has 0 unspecified atom stereocenters. The second-order valence-electron chi connectivity index (χ2n) is 6.71. The summed E-state index contributed by atoms with van der Waals surface area (Å²) in [4.78, 5) is 0. The fourth-order valence-corrected chi connectivity index (χ4v) is 3.13. The number of allylic oxidation sites excluding steroid dienone is 1. The third-order valence-electron chi connectivity index (χ3n) is 4.11. The molecule has 0 aromatic heterocycles. The van der Waals surface area contributed by atoms with E-state index < -0.39 is 16.1 Å². The lowest BCUT2D eigenvalue weighted by molar-refractivity contribution is 0.213. The number of aliphatic hydroxyl groups excluding tert-OH is 1. The van der Waals surface area contributed by atoms with Crippen LogP contribution >= 0.6 is 0 Å². The predicted octanol–water partition coefficient (Wildman–Crippen LogP) is 6.23. The molecule has 0 aliphatic carbocycles. The molecule has 0 atom stereocenters. The zero-order chi connectivity index (χ0) is 18.1. The first-order chi connectivity index (χ1) is 11.5. The van der Waals surface area contributed by atoms with E-state index in [9.17, 15) is 13.5 Å². The summed E-state index contributed by atoms with van der Waals surface area (Å²) in [5.41, 5.74) is 0. The minimum absolute atomic E-state index is 0.507. The van der Waals surface area contributed by atoms with Gasteiger partial charge in [0.2, 0.25) is 0 Å². The van der Waals surface area contributed by atoms with Gasteiger partial charge >= 0.3 is 10.1 Å². The highest BCUT2D eigenvalue weighted by atomic mass is 32.2. The van der Waals surface area contributed by atoms with Gasteiger partial charge in [-0.1, -0.05) is 90.4 Å². The Labute approximate surface area is 149 Å². The largest absolute Gasteiger partial charge is 0.480 e. The molecule has 0 saturated carbocycles. The van der Waals surface area contributed by atoms with Crippen LogP contribution in [-0.2, 0) is 14.3 Å². The molecule has 0 spiro atoms. The van der Waals surface area contributed by atoms with Crippen molar-refractivity contribution in [3.8, 4) is 0 Å². The number of hydrogen-bond acceptors (Lipinski definition) is 4. The van der Waals surface area contributed by atoms with Crippen LogP contribution in [0.1, 0.15) is 103 Å². The monoisotopic (exact) mass is 362 g/mol. The highest BCUT2D eigenvalue weighted by molar-refractivity contribution is 7.86. The molecule has 0 fully saturated rings. The lowest BCUT2D eigenvalue weighted by atomic mass is 10.0. The van der Waals surface area contributed by atoms with Crippen LogP contribution in [0.25, 0.3) is 0 Å². The van der Waals surface area contributed by atoms with Gasteiger partial charge in [0, 0.05) is 0 Å². The molecule has 144 valence electrons. The molecule has 0 aliphatic heterocycles. The molecule has 0 heterocycles. The van der Waals surface area contributed by atoms with Gasteiger partial charge in [0.25, 0.3) is 5.95 Å². The van der Waals surface area contributed by atoms with Gasteiger partial charge in [-0.2, -0.15) is 8.42 Å². The first-order valence-electron chi connectivity index (χ1n) is 9.74. The second kappa shape index (κ2) is 15.8. The van der Waals surface area contributed by atoms with E-state index in [4.69, 9.17) is 0 Å². The van der Waals surface area contributed by atoms with Crippen LogP contribution in [0, 0.1) is 0 Å². The highest BCUT2D eigenvalue weighted by Crippen LogP contribution is 2.13. The molecule has 0 aliphatic rings. The Morgan fingerprint density at radius 1 is 0.792 bits per heavy atom. The highest BCUT2D eigenvalue weighted by Gasteiger charge is 2.04. The van der Waals surface area contributed by atoms with Crippen LogP contribution in [0.2, 0.25) is 0 Å². The molecule has 24 heavy (non-hydrogen) atoms. The zero-order valence-electron chi connectivity index (χ0n) is 15.8. The molecule has 0 saturated heterocycles. The molecular formula is C19H38O4S. The van der Waals surface area contributed by atoms with Gasteiger partial charge in [0.05, 0.1) is 6.26 Å². The third-order valence-corrected chi connectivity index (χ3v) is 4.59. The second-order valence-corrected chi connectivity index (χ2v) is 8.29. The van der Waals surface area contributed by atoms with Crippen LogP contribution in [-0.4, -0.2) is 19.8 Å². The van der Waals surface area contributed by atoms with E-state index in [2.05, 4.69) is 11.1 Å². The summed E-state index contributed by atoms with van der Waals surface area (Å²) in [5.74, 6) is -0.507. The average molecular weight is 363 g/mol. The van der Waals surface area contributed by atoms with Crippen molar-refractivity contribution in [2.75, 3.05) is 6.26 Å². The number of hydrogen-bond donors (Lipinski definition) is 1. The fourth-order valence-electron chi connectivity index (χ4n) is 2.75. The number of unbranched alkanes of at least 4 members (excludes halogenated alkanes) is 14. The van der Waals surface area contributed by atoms with Crippen molar-refractivity contribution in [1.29, 1.82) is 0 Å². The normalized spacial score (nSPS) is 12.5. The van der Waals surface area contributed by atoms with Gasteiger partial charge in [-0.05, 0) is 18.9 Å². The fraction of sp³-hybridized carbons (Fsp3) is 0.895. The molecule has 0 aromatic carbocycles. The van der Waals surface area contributed by atoms with Crippen LogP contribution < -0.4 is 0 Å². The Bertz CT molecular complexity index is 402. The summed E-state index contributed by atoms with van der Waals surface area (Å²) >= 11 is 0. The number of rotatable bonds is 17. The maximum absolute atomic E-state index is 10.8. The van der Waals surface area contributed by atoms with Crippen molar-refractivity contribution >= 4 is 10.1 Å². The van der Waals surface area contributed by atoms with E-state index in [1.54, 1.807) is 0 Å². The maximum atomic E-state index is 10.8. The van der Waals surface area contributed by atoms with E-state index in [1.807, 2.05) is 0 Å².